The van der Waals surface area contributed by atoms with Crippen molar-refractivity contribution in [3.05, 3.63) is 146 Å². The third-order valence-electron chi connectivity index (χ3n) is 11.8. The van der Waals surface area contributed by atoms with Gasteiger partial charge >= 0.3 is 0 Å². The van der Waals surface area contributed by atoms with Crippen molar-refractivity contribution >= 4 is 55.9 Å². The zero-order chi connectivity index (χ0) is 40.3. The predicted molar refractivity (Wildman–Crippen MR) is 247 cm³/mol. The van der Waals surface area contributed by atoms with Gasteiger partial charge in [0.1, 0.15) is 11.5 Å². The highest BCUT2D eigenvalue weighted by Gasteiger charge is 2.19. The molecule has 0 N–H and O–H groups in total. The van der Waals surface area contributed by atoms with Crippen LogP contribution in [0.5, 0.6) is 11.5 Å². The van der Waals surface area contributed by atoms with Crippen molar-refractivity contribution in [2.24, 2.45) is 18.9 Å². The van der Waals surface area contributed by atoms with E-state index in [9.17, 15) is 0 Å². The van der Waals surface area contributed by atoms with Crippen LogP contribution in [-0.2, 0) is 7.05 Å². The minimum Gasteiger partial charge on any atom is -0.493 e. The number of para-hydroxylation sites is 2. The molecule has 58 heavy (non-hydrogen) atoms. The van der Waals surface area contributed by atoms with E-state index in [2.05, 4.69) is 195 Å². The van der Waals surface area contributed by atoms with Gasteiger partial charge in [-0.1, -0.05) is 103 Å². The monoisotopic (exact) mass is 771 g/mol. The summed E-state index contributed by atoms with van der Waals surface area (Å²) in [4.78, 5) is 4.68. The third-order valence-corrected chi connectivity index (χ3v) is 11.8. The Morgan fingerprint density at radius 1 is 0.448 bits per heavy atom. The van der Waals surface area contributed by atoms with Gasteiger partial charge in [-0.2, -0.15) is 0 Å². The van der Waals surface area contributed by atoms with Crippen LogP contribution in [-0.4, -0.2) is 17.8 Å². The van der Waals surface area contributed by atoms with E-state index in [1.807, 2.05) is 0 Å². The summed E-state index contributed by atoms with van der Waals surface area (Å²) in [6, 6.07) is 52.2. The summed E-state index contributed by atoms with van der Waals surface area (Å²) in [6.07, 6.45) is 9.68. The zero-order valence-corrected chi connectivity index (χ0v) is 35.2. The van der Waals surface area contributed by atoms with Crippen molar-refractivity contribution < 1.29 is 9.47 Å². The van der Waals surface area contributed by atoms with E-state index in [0.29, 0.717) is 11.8 Å². The van der Waals surface area contributed by atoms with Gasteiger partial charge in [-0.25, -0.2) is 0 Å². The van der Waals surface area contributed by atoms with Crippen molar-refractivity contribution in [2.45, 2.75) is 79.1 Å². The number of aryl methyl sites for hydroxylation is 1. The van der Waals surface area contributed by atoms with Crippen LogP contribution in [0.3, 0.4) is 0 Å². The van der Waals surface area contributed by atoms with Gasteiger partial charge in [0.15, 0.2) is 0 Å². The number of hydrogen-bond acceptors (Lipinski definition) is 4. The number of rotatable bonds is 20. The molecule has 2 atom stereocenters. The smallest absolute Gasteiger partial charge is 0.119 e. The number of benzene rings is 6. The molecule has 0 radical (unpaired) electrons. The second-order valence-electron chi connectivity index (χ2n) is 15.7. The molecule has 7 rings (SSSR count). The highest BCUT2D eigenvalue weighted by Crippen LogP contribution is 2.42. The summed E-state index contributed by atoms with van der Waals surface area (Å²) in [5, 5.41) is 2.42. The highest BCUT2D eigenvalue weighted by molar-refractivity contribution is 6.11. The van der Waals surface area contributed by atoms with Crippen LogP contribution in [0.1, 0.15) is 79.1 Å². The zero-order valence-electron chi connectivity index (χ0n) is 35.2. The molecule has 0 aliphatic heterocycles. The molecular weight excluding hydrogens is 711 g/mol. The molecule has 2 unspecified atom stereocenters. The Morgan fingerprint density at radius 2 is 0.810 bits per heavy atom. The van der Waals surface area contributed by atoms with Crippen molar-refractivity contribution in [3.63, 3.8) is 0 Å². The Labute approximate surface area is 346 Å². The van der Waals surface area contributed by atoms with E-state index in [1.54, 1.807) is 0 Å². The van der Waals surface area contributed by atoms with Gasteiger partial charge in [-0.05, 0) is 134 Å². The predicted octanol–water partition coefficient (Wildman–Crippen LogP) is 15.5. The molecule has 300 valence electrons. The van der Waals surface area contributed by atoms with E-state index in [4.69, 9.17) is 9.47 Å². The summed E-state index contributed by atoms with van der Waals surface area (Å²) in [6.45, 7) is 10.6. The van der Waals surface area contributed by atoms with Crippen molar-refractivity contribution in [3.8, 4) is 11.5 Å². The average Bonchev–Trinajstić information content (AvgIpc) is 3.55. The Hall–Kier alpha value is -5.68. The number of aromatic nitrogens is 1. The number of unbranched alkanes of at least 4 members (excludes halogenated alkanes) is 2. The Morgan fingerprint density at radius 3 is 1.17 bits per heavy atom. The van der Waals surface area contributed by atoms with Gasteiger partial charge in [-0.15, -0.1) is 0 Å². The van der Waals surface area contributed by atoms with Crippen LogP contribution in [0.4, 0.5) is 34.1 Å². The fraction of sp³-hybridized carbons (Fsp3) is 0.321. The van der Waals surface area contributed by atoms with Gasteiger partial charge in [0.25, 0.3) is 0 Å². The normalized spacial score (nSPS) is 12.4. The second kappa shape index (κ2) is 19.7. The molecule has 0 saturated carbocycles. The lowest BCUT2D eigenvalue weighted by Gasteiger charge is -2.26. The fourth-order valence-electron chi connectivity index (χ4n) is 8.13. The molecule has 7 aromatic rings. The number of nitrogens with zero attached hydrogens (tertiary/aromatic N) is 3. The van der Waals surface area contributed by atoms with E-state index < -0.39 is 0 Å². The second-order valence-corrected chi connectivity index (χ2v) is 15.7. The first-order valence-electron chi connectivity index (χ1n) is 21.7. The largest absolute Gasteiger partial charge is 0.493 e. The molecule has 0 saturated heterocycles. The molecule has 1 heterocycles. The van der Waals surface area contributed by atoms with Crippen LogP contribution in [0, 0.1) is 11.8 Å². The standard InChI is InChI=1S/C53H61N3O2/c1-6-10-18-40(8-3)38-57-48-30-24-44(25-31-48)55(42-20-14-12-15-21-42)46-28-34-52-50(36-46)51-37-47(29-35-53(51)54(52)5)56(43-22-16-13-17-23-43)45-26-32-49(33-27-45)58-39-41(9-4)19-11-7-2/h12-17,20-37,40-41H,6-11,18-19,38-39H2,1-5H3. The molecule has 1 aromatic heterocycles. The van der Waals surface area contributed by atoms with Gasteiger partial charge in [-0.3, -0.25) is 0 Å². The number of fused-ring (bicyclic) bond motifs is 3. The summed E-state index contributed by atoms with van der Waals surface area (Å²) in [7, 11) is 2.17. The number of anilines is 6. The quantitative estimate of drug-likeness (QED) is 0.0772. The van der Waals surface area contributed by atoms with Crippen molar-refractivity contribution in [1.82, 2.24) is 4.57 Å². The molecule has 0 fully saturated rings. The Balaban J connectivity index is 1.23. The van der Waals surface area contributed by atoms with Crippen LogP contribution in [0.25, 0.3) is 21.8 Å². The molecular formula is C53H61N3O2. The van der Waals surface area contributed by atoms with E-state index in [0.717, 1.165) is 71.7 Å². The molecule has 0 aliphatic carbocycles. The summed E-state index contributed by atoms with van der Waals surface area (Å²) < 4.78 is 14.9. The lowest BCUT2D eigenvalue weighted by molar-refractivity contribution is 0.233. The topological polar surface area (TPSA) is 29.9 Å². The molecule has 5 nitrogen and oxygen atoms in total. The first-order chi connectivity index (χ1) is 28.5. The maximum Gasteiger partial charge on any atom is 0.119 e. The minimum atomic E-state index is 0.590. The average molecular weight is 772 g/mol. The van der Waals surface area contributed by atoms with Gasteiger partial charge in [0.05, 0.1) is 13.2 Å². The van der Waals surface area contributed by atoms with Crippen LogP contribution >= 0.6 is 0 Å². The van der Waals surface area contributed by atoms with E-state index in [-0.39, 0.29) is 0 Å². The molecule has 0 amide bonds. The Kier molecular flexibility index (Phi) is 13.7. The summed E-state index contributed by atoms with van der Waals surface area (Å²) >= 11 is 0. The summed E-state index contributed by atoms with van der Waals surface area (Å²) in [5.74, 6) is 3.02. The molecule has 0 bridgehead atoms. The fourth-order valence-corrected chi connectivity index (χ4v) is 8.13. The van der Waals surface area contributed by atoms with Gasteiger partial charge in [0.2, 0.25) is 0 Å². The minimum absolute atomic E-state index is 0.590. The molecule has 5 heteroatoms. The molecule has 0 spiro atoms. The van der Waals surface area contributed by atoms with Crippen molar-refractivity contribution in [2.75, 3.05) is 23.0 Å². The third kappa shape index (κ3) is 9.37. The van der Waals surface area contributed by atoms with E-state index in [1.165, 1.54) is 60.3 Å². The maximum atomic E-state index is 6.31. The van der Waals surface area contributed by atoms with E-state index >= 15 is 0 Å². The van der Waals surface area contributed by atoms with Crippen molar-refractivity contribution in [1.29, 1.82) is 0 Å². The Bertz CT molecular complexity index is 2150. The first-order valence-corrected chi connectivity index (χ1v) is 21.7. The number of ether oxygens (including phenoxy) is 2. The molecule has 6 aromatic carbocycles. The van der Waals surface area contributed by atoms with Crippen LogP contribution in [0.2, 0.25) is 0 Å². The van der Waals surface area contributed by atoms with Gasteiger partial charge < -0.3 is 23.8 Å². The summed E-state index contributed by atoms with van der Waals surface area (Å²) in [5.41, 5.74) is 8.98. The lowest BCUT2D eigenvalue weighted by Crippen LogP contribution is -2.12. The molecule has 0 aliphatic rings. The highest BCUT2D eigenvalue weighted by atomic mass is 16.5. The first kappa shape index (κ1) is 40.5. The lowest BCUT2D eigenvalue weighted by atomic mass is 10.0. The van der Waals surface area contributed by atoms with Crippen LogP contribution < -0.4 is 19.3 Å². The number of hydrogen-bond donors (Lipinski definition) is 0. The maximum absolute atomic E-state index is 6.31. The van der Waals surface area contributed by atoms with Crippen LogP contribution in [0.15, 0.2) is 146 Å². The van der Waals surface area contributed by atoms with Gasteiger partial charge in [0, 0.05) is 63.0 Å². The SMILES string of the molecule is CCCCC(CC)COc1ccc(N(c2ccccc2)c2ccc3c(c2)c2cc(N(c4ccccc4)c4ccc(OCC(CC)CCCC)cc4)ccc2n3C)cc1.